The Morgan fingerprint density at radius 3 is 2.36 bits per heavy atom. The van der Waals surface area contributed by atoms with E-state index in [1.54, 1.807) is 7.05 Å². The summed E-state index contributed by atoms with van der Waals surface area (Å²) in [5, 5.41) is 14.1. The van der Waals surface area contributed by atoms with Crippen molar-refractivity contribution in [1.82, 2.24) is 9.78 Å². The molecule has 1 heterocycles. The lowest BCUT2D eigenvalue weighted by Gasteiger charge is -1.87. The predicted molar refractivity (Wildman–Crippen MR) is 45.3 cm³/mol. The zero-order chi connectivity index (χ0) is 8.59. The van der Waals surface area contributed by atoms with Crippen LogP contribution in [0.2, 0.25) is 0 Å². The maximum absolute atomic E-state index is 10.3. The molecular formula is C4H3Br2N3O2. The zero-order valence-electron chi connectivity index (χ0n) is 5.41. The Bertz CT molecular complexity index is 309. The van der Waals surface area contributed by atoms with Gasteiger partial charge in [-0.2, -0.15) is 5.10 Å². The van der Waals surface area contributed by atoms with Gasteiger partial charge in [-0.05, 0) is 31.9 Å². The van der Waals surface area contributed by atoms with Gasteiger partial charge < -0.3 is 0 Å². The van der Waals surface area contributed by atoms with Crippen LogP contribution in [0.4, 0.5) is 5.69 Å². The largest absolute Gasteiger partial charge is 0.335 e. The number of nitro groups is 1. The third kappa shape index (κ3) is 1.43. The summed E-state index contributed by atoms with van der Waals surface area (Å²) >= 11 is 6.00. The highest BCUT2D eigenvalue weighted by Crippen LogP contribution is 2.31. The number of hydrogen-bond donors (Lipinski definition) is 0. The van der Waals surface area contributed by atoms with Crippen LogP contribution in [0.25, 0.3) is 0 Å². The van der Waals surface area contributed by atoms with Gasteiger partial charge in [-0.15, -0.1) is 0 Å². The van der Waals surface area contributed by atoms with Gasteiger partial charge in [0.05, 0.1) is 4.92 Å². The van der Waals surface area contributed by atoms with Crippen LogP contribution in [-0.2, 0) is 7.05 Å². The molecule has 0 radical (unpaired) electrons. The van der Waals surface area contributed by atoms with Gasteiger partial charge in [0, 0.05) is 7.05 Å². The van der Waals surface area contributed by atoms with Gasteiger partial charge in [0.1, 0.15) is 0 Å². The molecule has 0 bridgehead atoms. The molecule has 1 rings (SSSR count). The molecule has 0 spiro atoms. The summed E-state index contributed by atoms with van der Waals surface area (Å²) in [6, 6.07) is 0. The van der Waals surface area contributed by atoms with Crippen LogP contribution < -0.4 is 0 Å². The van der Waals surface area contributed by atoms with Crippen LogP contribution in [0.3, 0.4) is 0 Å². The number of nitrogens with zero attached hydrogens (tertiary/aromatic N) is 3. The quantitative estimate of drug-likeness (QED) is 0.584. The molecule has 1 aromatic heterocycles. The van der Waals surface area contributed by atoms with Crippen molar-refractivity contribution >= 4 is 37.5 Å². The lowest BCUT2D eigenvalue weighted by molar-refractivity contribution is -0.386. The van der Waals surface area contributed by atoms with Gasteiger partial charge in [0.15, 0.2) is 4.60 Å². The number of hydrogen-bond acceptors (Lipinski definition) is 3. The minimum absolute atomic E-state index is 0.0486. The molecule has 0 aromatic carbocycles. The highest BCUT2D eigenvalue weighted by Gasteiger charge is 2.22. The second-order valence-electron chi connectivity index (χ2n) is 1.81. The van der Waals surface area contributed by atoms with E-state index >= 15 is 0 Å². The fourth-order valence-electron chi connectivity index (χ4n) is 0.612. The highest BCUT2D eigenvalue weighted by atomic mass is 79.9. The molecule has 0 saturated heterocycles. The third-order valence-electron chi connectivity index (χ3n) is 1.10. The molecule has 0 fully saturated rings. The maximum atomic E-state index is 10.3. The molecule has 1 aromatic rings. The molecule has 0 atom stereocenters. The first-order valence-electron chi connectivity index (χ1n) is 2.56. The molecule has 0 amide bonds. The fourth-order valence-corrected chi connectivity index (χ4v) is 1.86. The number of halogens is 2. The average molecular weight is 285 g/mol. The van der Waals surface area contributed by atoms with Crippen molar-refractivity contribution in [2.45, 2.75) is 0 Å². The van der Waals surface area contributed by atoms with Crippen LogP contribution in [0.15, 0.2) is 9.21 Å². The summed E-state index contributed by atoms with van der Waals surface area (Å²) in [4.78, 5) is 9.85. The lowest BCUT2D eigenvalue weighted by Crippen LogP contribution is -1.90. The Morgan fingerprint density at radius 2 is 2.18 bits per heavy atom. The van der Waals surface area contributed by atoms with E-state index in [2.05, 4.69) is 37.0 Å². The van der Waals surface area contributed by atoms with Crippen molar-refractivity contribution in [3.05, 3.63) is 19.3 Å². The number of aryl methyl sites for hydroxylation is 1. The van der Waals surface area contributed by atoms with Crippen molar-refractivity contribution in [3.8, 4) is 0 Å². The SMILES string of the molecule is Cn1nc(Br)c([N+](=O)[O-])c1Br. The number of aromatic nitrogens is 2. The minimum Gasteiger partial charge on any atom is -0.258 e. The van der Waals surface area contributed by atoms with Gasteiger partial charge in [0.2, 0.25) is 4.60 Å². The van der Waals surface area contributed by atoms with E-state index in [0.29, 0.717) is 4.60 Å². The first kappa shape index (κ1) is 8.66. The van der Waals surface area contributed by atoms with Crippen molar-refractivity contribution in [2.75, 3.05) is 0 Å². The lowest BCUT2D eigenvalue weighted by atomic mass is 10.6. The Kier molecular flexibility index (Phi) is 2.28. The number of rotatable bonds is 1. The molecule has 7 heteroatoms. The molecule has 0 aliphatic heterocycles. The third-order valence-corrected chi connectivity index (χ3v) is 2.52. The Balaban J connectivity index is 3.34. The summed E-state index contributed by atoms with van der Waals surface area (Å²) in [6.45, 7) is 0. The second kappa shape index (κ2) is 2.90. The molecule has 0 N–H and O–H groups in total. The molecule has 5 nitrogen and oxygen atoms in total. The van der Waals surface area contributed by atoms with Crippen LogP contribution >= 0.6 is 31.9 Å². The average Bonchev–Trinajstić information content (AvgIpc) is 2.07. The molecule has 0 saturated carbocycles. The first-order chi connectivity index (χ1) is 5.04. The van der Waals surface area contributed by atoms with Crippen LogP contribution in [0, 0.1) is 10.1 Å². The molecule has 0 aliphatic rings. The van der Waals surface area contributed by atoms with Crippen molar-refractivity contribution in [1.29, 1.82) is 0 Å². The molecular weight excluding hydrogens is 282 g/mol. The Hall–Kier alpha value is -0.430. The predicted octanol–water partition coefficient (Wildman–Crippen LogP) is 1.85. The molecule has 11 heavy (non-hydrogen) atoms. The van der Waals surface area contributed by atoms with Crippen molar-refractivity contribution < 1.29 is 4.92 Å². The summed E-state index contributed by atoms with van der Waals surface area (Å²) in [5.74, 6) is 0. The van der Waals surface area contributed by atoms with E-state index in [-0.39, 0.29) is 10.3 Å². The fraction of sp³-hybridized carbons (Fsp3) is 0.250. The highest BCUT2D eigenvalue weighted by molar-refractivity contribution is 9.11. The summed E-state index contributed by atoms with van der Waals surface area (Å²) in [6.07, 6.45) is 0. The van der Waals surface area contributed by atoms with E-state index in [9.17, 15) is 10.1 Å². The zero-order valence-corrected chi connectivity index (χ0v) is 8.59. The van der Waals surface area contributed by atoms with Gasteiger partial charge >= 0.3 is 5.69 Å². The molecule has 0 aliphatic carbocycles. The topological polar surface area (TPSA) is 61.0 Å². The monoisotopic (exact) mass is 283 g/mol. The van der Waals surface area contributed by atoms with E-state index in [4.69, 9.17) is 0 Å². The molecule has 0 unspecified atom stereocenters. The van der Waals surface area contributed by atoms with E-state index in [0.717, 1.165) is 0 Å². The van der Waals surface area contributed by atoms with Crippen molar-refractivity contribution in [3.63, 3.8) is 0 Å². The maximum Gasteiger partial charge on any atom is 0.335 e. The van der Waals surface area contributed by atoms with Crippen LogP contribution in [0.5, 0.6) is 0 Å². The molecule has 60 valence electrons. The van der Waals surface area contributed by atoms with Crippen molar-refractivity contribution in [2.24, 2.45) is 7.05 Å². The van der Waals surface area contributed by atoms with Crippen LogP contribution in [-0.4, -0.2) is 14.7 Å². The Morgan fingerprint density at radius 1 is 1.64 bits per heavy atom. The van der Waals surface area contributed by atoms with Gasteiger partial charge in [-0.3, -0.25) is 14.8 Å². The second-order valence-corrected chi connectivity index (χ2v) is 3.31. The normalized spacial score (nSPS) is 10.1. The summed E-state index contributed by atoms with van der Waals surface area (Å²) in [5.41, 5.74) is -0.0486. The Labute approximate surface area is 78.8 Å². The minimum atomic E-state index is -0.499. The van der Waals surface area contributed by atoms with Crippen LogP contribution in [0.1, 0.15) is 0 Å². The standard InChI is InChI=1S/C4H3Br2N3O2/c1-8-4(6)2(9(10)11)3(5)7-8/h1H3. The van der Waals surface area contributed by atoms with E-state index in [1.165, 1.54) is 4.68 Å². The van der Waals surface area contributed by atoms with Gasteiger partial charge in [-0.1, -0.05) is 0 Å². The first-order valence-corrected chi connectivity index (χ1v) is 4.15. The van der Waals surface area contributed by atoms with E-state index in [1.807, 2.05) is 0 Å². The summed E-state index contributed by atoms with van der Waals surface area (Å²) < 4.78 is 1.97. The van der Waals surface area contributed by atoms with E-state index < -0.39 is 4.92 Å². The summed E-state index contributed by atoms with van der Waals surface area (Å²) in [7, 11) is 1.61. The smallest absolute Gasteiger partial charge is 0.258 e. The van der Waals surface area contributed by atoms with Gasteiger partial charge in [0.25, 0.3) is 0 Å². The van der Waals surface area contributed by atoms with Gasteiger partial charge in [-0.25, -0.2) is 0 Å².